The van der Waals surface area contributed by atoms with Crippen LogP contribution in [0.3, 0.4) is 0 Å². The number of halogens is 1. The Hall–Kier alpha value is 0.430. The van der Waals surface area contributed by atoms with Crippen molar-refractivity contribution >= 4 is 22.6 Å². The van der Waals surface area contributed by atoms with Gasteiger partial charge in [-0.2, -0.15) is 0 Å². The first-order chi connectivity index (χ1) is 5.31. The van der Waals surface area contributed by atoms with Crippen molar-refractivity contribution in [3.63, 3.8) is 0 Å². The van der Waals surface area contributed by atoms with E-state index in [1.54, 1.807) is 0 Å². The minimum Gasteiger partial charge on any atom is -0.389 e. The minimum absolute atomic E-state index is 0.227. The van der Waals surface area contributed by atoms with Crippen molar-refractivity contribution in [3.05, 3.63) is 12.2 Å². The zero-order chi connectivity index (χ0) is 8.53. The van der Waals surface area contributed by atoms with Gasteiger partial charge in [0.1, 0.15) is 0 Å². The molecule has 0 fully saturated rings. The average molecular weight is 268 g/mol. The standard InChI is InChI=1S/C9H17IO/c1-2-9(11)7-5-3-4-6-8-10/h5,7,9,11H,2-4,6,8H2,1H3/b7-5+. The molecular weight excluding hydrogens is 251 g/mol. The van der Waals surface area contributed by atoms with E-state index in [0.717, 1.165) is 12.8 Å². The highest BCUT2D eigenvalue weighted by atomic mass is 127. The third-order valence-electron chi connectivity index (χ3n) is 1.53. The lowest BCUT2D eigenvalue weighted by Crippen LogP contribution is -1.97. The highest BCUT2D eigenvalue weighted by Gasteiger charge is 1.90. The maximum absolute atomic E-state index is 9.13. The van der Waals surface area contributed by atoms with Gasteiger partial charge in [-0.15, -0.1) is 0 Å². The molecule has 0 aromatic heterocycles. The van der Waals surface area contributed by atoms with Crippen molar-refractivity contribution in [2.45, 2.75) is 38.7 Å². The van der Waals surface area contributed by atoms with Crippen LogP contribution in [-0.4, -0.2) is 15.6 Å². The van der Waals surface area contributed by atoms with Gasteiger partial charge in [0, 0.05) is 0 Å². The van der Waals surface area contributed by atoms with Crippen molar-refractivity contribution in [2.24, 2.45) is 0 Å². The number of alkyl halides is 1. The summed E-state index contributed by atoms with van der Waals surface area (Å²) in [6.45, 7) is 1.99. The predicted molar refractivity (Wildman–Crippen MR) is 58.2 cm³/mol. The van der Waals surface area contributed by atoms with Gasteiger partial charge in [0.05, 0.1) is 6.10 Å². The molecule has 0 aromatic carbocycles. The SMILES string of the molecule is CCC(O)/C=C/CCCCI. The van der Waals surface area contributed by atoms with E-state index in [4.69, 9.17) is 5.11 Å². The molecule has 0 aliphatic carbocycles. The second-order valence-corrected chi connectivity index (χ2v) is 3.67. The lowest BCUT2D eigenvalue weighted by molar-refractivity contribution is 0.219. The second-order valence-electron chi connectivity index (χ2n) is 2.59. The molecule has 0 amide bonds. The van der Waals surface area contributed by atoms with E-state index in [0.29, 0.717) is 0 Å². The summed E-state index contributed by atoms with van der Waals surface area (Å²) in [5.74, 6) is 0. The summed E-state index contributed by atoms with van der Waals surface area (Å²) < 4.78 is 1.24. The summed E-state index contributed by atoms with van der Waals surface area (Å²) >= 11 is 2.39. The zero-order valence-electron chi connectivity index (χ0n) is 7.09. The lowest BCUT2D eigenvalue weighted by atomic mass is 10.2. The van der Waals surface area contributed by atoms with Crippen LogP contribution < -0.4 is 0 Å². The van der Waals surface area contributed by atoms with Gasteiger partial charge in [-0.25, -0.2) is 0 Å². The molecule has 0 radical (unpaired) electrons. The number of hydrogen-bond donors (Lipinski definition) is 1. The molecular formula is C9H17IO. The van der Waals surface area contributed by atoms with Gasteiger partial charge in [-0.3, -0.25) is 0 Å². The van der Waals surface area contributed by atoms with Crippen molar-refractivity contribution in [1.82, 2.24) is 0 Å². The third kappa shape index (κ3) is 8.34. The molecule has 11 heavy (non-hydrogen) atoms. The average Bonchev–Trinajstić information content (AvgIpc) is 2.04. The fraction of sp³-hybridized carbons (Fsp3) is 0.778. The molecule has 2 heteroatoms. The molecule has 1 nitrogen and oxygen atoms in total. The molecule has 1 N–H and O–H groups in total. The van der Waals surface area contributed by atoms with Crippen LogP contribution in [0.4, 0.5) is 0 Å². The predicted octanol–water partition coefficient (Wildman–Crippen LogP) is 2.92. The monoisotopic (exact) mass is 268 g/mol. The fourth-order valence-electron chi connectivity index (χ4n) is 0.746. The van der Waals surface area contributed by atoms with E-state index >= 15 is 0 Å². The Kier molecular flexibility index (Phi) is 8.86. The number of aliphatic hydroxyl groups excluding tert-OH is 1. The van der Waals surface area contributed by atoms with E-state index in [1.165, 1.54) is 17.3 Å². The molecule has 1 unspecified atom stereocenters. The Balaban J connectivity index is 3.15. The molecule has 0 saturated carbocycles. The summed E-state index contributed by atoms with van der Waals surface area (Å²) in [4.78, 5) is 0. The first-order valence-corrected chi connectivity index (χ1v) is 5.74. The van der Waals surface area contributed by atoms with Crippen LogP contribution in [0.2, 0.25) is 0 Å². The van der Waals surface area contributed by atoms with Crippen LogP contribution in [0.5, 0.6) is 0 Å². The Morgan fingerprint density at radius 2 is 2.18 bits per heavy atom. The van der Waals surface area contributed by atoms with Crippen LogP contribution in [0.1, 0.15) is 32.6 Å². The number of aliphatic hydroxyl groups is 1. The summed E-state index contributed by atoms with van der Waals surface area (Å²) in [6.07, 6.45) is 8.22. The summed E-state index contributed by atoms with van der Waals surface area (Å²) in [6, 6.07) is 0. The van der Waals surface area contributed by atoms with Crippen LogP contribution in [0.25, 0.3) is 0 Å². The molecule has 66 valence electrons. The largest absolute Gasteiger partial charge is 0.389 e. The highest BCUT2D eigenvalue weighted by molar-refractivity contribution is 14.1. The molecule has 0 spiro atoms. The first-order valence-electron chi connectivity index (χ1n) is 4.22. The second kappa shape index (κ2) is 8.53. The molecule has 0 rings (SSSR count). The third-order valence-corrected chi connectivity index (χ3v) is 2.29. The normalized spacial score (nSPS) is 14.1. The fourth-order valence-corrected chi connectivity index (χ4v) is 1.29. The Morgan fingerprint density at radius 1 is 1.45 bits per heavy atom. The molecule has 0 heterocycles. The van der Waals surface area contributed by atoms with Crippen molar-refractivity contribution in [1.29, 1.82) is 0 Å². The molecule has 0 saturated heterocycles. The van der Waals surface area contributed by atoms with Crippen LogP contribution >= 0.6 is 22.6 Å². The van der Waals surface area contributed by atoms with Gasteiger partial charge >= 0.3 is 0 Å². The van der Waals surface area contributed by atoms with Gasteiger partial charge in [-0.1, -0.05) is 41.7 Å². The smallest absolute Gasteiger partial charge is 0.0718 e. The van der Waals surface area contributed by atoms with Gasteiger partial charge in [0.2, 0.25) is 0 Å². The Morgan fingerprint density at radius 3 is 2.73 bits per heavy atom. The van der Waals surface area contributed by atoms with E-state index in [1.807, 2.05) is 13.0 Å². The first kappa shape index (κ1) is 11.4. The molecule has 0 aliphatic rings. The van der Waals surface area contributed by atoms with Crippen LogP contribution in [0.15, 0.2) is 12.2 Å². The van der Waals surface area contributed by atoms with E-state index in [-0.39, 0.29) is 6.10 Å². The molecule has 1 atom stereocenters. The Bertz CT molecular complexity index is 102. The Labute approximate surface area is 83.0 Å². The number of unbranched alkanes of at least 4 members (excludes halogenated alkanes) is 2. The number of hydrogen-bond acceptors (Lipinski definition) is 1. The summed E-state index contributed by atoms with van der Waals surface area (Å²) in [5, 5.41) is 9.13. The topological polar surface area (TPSA) is 20.2 Å². The number of rotatable bonds is 6. The maximum Gasteiger partial charge on any atom is 0.0718 e. The van der Waals surface area contributed by atoms with E-state index < -0.39 is 0 Å². The quantitative estimate of drug-likeness (QED) is 0.340. The van der Waals surface area contributed by atoms with Crippen LogP contribution in [0, 0.1) is 0 Å². The van der Waals surface area contributed by atoms with Gasteiger partial charge in [0.15, 0.2) is 0 Å². The highest BCUT2D eigenvalue weighted by Crippen LogP contribution is 2.01. The van der Waals surface area contributed by atoms with Crippen LogP contribution in [-0.2, 0) is 0 Å². The minimum atomic E-state index is -0.227. The maximum atomic E-state index is 9.13. The van der Waals surface area contributed by atoms with Crippen molar-refractivity contribution in [3.8, 4) is 0 Å². The van der Waals surface area contributed by atoms with Gasteiger partial charge < -0.3 is 5.11 Å². The zero-order valence-corrected chi connectivity index (χ0v) is 9.25. The van der Waals surface area contributed by atoms with Crippen molar-refractivity contribution < 1.29 is 5.11 Å². The summed E-state index contributed by atoms with van der Waals surface area (Å²) in [5.41, 5.74) is 0. The van der Waals surface area contributed by atoms with Gasteiger partial charge in [-0.05, 0) is 30.1 Å². The molecule has 0 aromatic rings. The van der Waals surface area contributed by atoms with Gasteiger partial charge in [0.25, 0.3) is 0 Å². The van der Waals surface area contributed by atoms with E-state index in [2.05, 4.69) is 28.7 Å². The molecule has 0 aliphatic heterocycles. The van der Waals surface area contributed by atoms with E-state index in [9.17, 15) is 0 Å². The lowest BCUT2D eigenvalue weighted by Gasteiger charge is -1.98. The number of allylic oxidation sites excluding steroid dienone is 1. The van der Waals surface area contributed by atoms with Crippen molar-refractivity contribution in [2.75, 3.05) is 4.43 Å². The summed E-state index contributed by atoms with van der Waals surface area (Å²) in [7, 11) is 0. The molecule has 0 bridgehead atoms.